The molecular formula is C14H17N3O2. The normalized spacial score (nSPS) is 16.5. The first kappa shape index (κ1) is 12.2. The Morgan fingerprint density at radius 2 is 2.32 bits per heavy atom. The van der Waals surface area contributed by atoms with Crippen molar-refractivity contribution in [1.82, 2.24) is 14.9 Å². The van der Waals surface area contributed by atoms with Gasteiger partial charge in [-0.2, -0.15) is 0 Å². The molecular weight excluding hydrogens is 242 g/mol. The van der Waals surface area contributed by atoms with E-state index in [4.69, 9.17) is 0 Å². The van der Waals surface area contributed by atoms with Crippen LogP contribution in [0.25, 0.3) is 11.0 Å². The van der Waals surface area contributed by atoms with Crippen LogP contribution in [0.4, 0.5) is 0 Å². The third-order valence-electron chi connectivity index (χ3n) is 3.86. The van der Waals surface area contributed by atoms with Crippen LogP contribution in [0.3, 0.4) is 0 Å². The van der Waals surface area contributed by atoms with E-state index in [1.807, 2.05) is 18.2 Å². The number of hydrogen-bond acceptors (Lipinski definition) is 3. The lowest BCUT2D eigenvalue weighted by Crippen LogP contribution is -2.35. The van der Waals surface area contributed by atoms with Crippen molar-refractivity contribution in [3.05, 3.63) is 30.1 Å². The minimum absolute atomic E-state index is 0.0414. The first-order valence-corrected chi connectivity index (χ1v) is 6.43. The van der Waals surface area contributed by atoms with Crippen LogP contribution in [0.1, 0.15) is 18.4 Å². The van der Waals surface area contributed by atoms with E-state index in [0.29, 0.717) is 6.54 Å². The molecule has 5 nitrogen and oxygen atoms in total. The fourth-order valence-electron chi connectivity index (χ4n) is 2.42. The van der Waals surface area contributed by atoms with Crippen molar-refractivity contribution in [3.63, 3.8) is 0 Å². The number of aromatic nitrogens is 2. The zero-order chi connectivity index (χ0) is 13.5. The highest BCUT2D eigenvalue weighted by Gasteiger charge is 2.50. The van der Waals surface area contributed by atoms with Crippen LogP contribution in [-0.4, -0.2) is 39.5 Å². The Morgan fingerprint density at radius 1 is 1.53 bits per heavy atom. The van der Waals surface area contributed by atoms with E-state index in [1.54, 1.807) is 18.3 Å². The van der Waals surface area contributed by atoms with Crippen LogP contribution in [0.15, 0.2) is 24.5 Å². The molecule has 0 spiro atoms. The van der Waals surface area contributed by atoms with E-state index >= 15 is 0 Å². The molecule has 3 rings (SSSR count). The maximum atomic E-state index is 12.2. The Balaban J connectivity index is 1.75. The topological polar surface area (TPSA) is 69.2 Å². The number of carbonyl (C=O) groups excluding carboxylic acids is 1. The maximum Gasteiger partial charge on any atom is 0.231 e. The van der Waals surface area contributed by atoms with E-state index in [-0.39, 0.29) is 12.5 Å². The lowest BCUT2D eigenvalue weighted by Gasteiger charge is -2.22. The molecule has 1 amide bonds. The second-order valence-electron chi connectivity index (χ2n) is 5.35. The van der Waals surface area contributed by atoms with Crippen LogP contribution < -0.4 is 0 Å². The number of nitrogens with one attached hydrogen (secondary N) is 1. The number of benzene rings is 1. The first-order valence-electron chi connectivity index (χ1n) is 6.43. The Kier molecular flexibility index (Phi) is 2.78. The number of hydrogen-bond donors (Lipinski definition) is 2. The van der Waals surface area contributed by atoms with Gasteiger partial charge < -0.3 is 15.0 Å². The van der Waals surface area contributed by atoms with E-state index in [2.05, 4.69) is 9.97 Å². The van der Waals surface area contributed by atoms with Crippen molar-refractivity contribution >= 4 is 16.9 Å². The minimum atomic E-state index is -0.493. The van der Waals surface area contributed by atoms with Gasteiger partial charge in [0, 0.05) is 13.6 Å². The van der Waals surface area contributed by atoms with Gasteiger partial charge in [-0.25, -0.2) is 4.98 Å². The van der Waals surface area contributed by atoms with Crippen LogP contribution >= 0.6 is 0 Å². The average Bonchev–Trinajstić information content (AvgIpc) is 3.09. The molecule has 2 aromatic rings. The zero-order valence-electron chi connectivity index (χ0n) is 10.9. The summed E-state index contributed by atoms with van der Waals surface area (Å²) < 4.78 is 0. The van der Waals surface area contributed by atoms with E-state index in [0.717, 1.165) is 29.4 Å². The number of aliphatic hydroxyl groups is 1. The highest BCUT2D eigenvalue weighted by atomic mass is 16.3. The molecule has 1 saturated carbocycles. The van der Waals surface area contributed by atoms with Crippen LogP contribution in [0, 0.1) is 5.41 Å². The summed E-state index contributed by atoms with van der Waals surface area (Å²) in [6, 6.07) is 5.93. The molecule has 0 radical (unpaired) electrons. The molecule has 1 fully saturated rings. The van der Waals surface area contributed by atoms with Gasteiger partial charge in [-0.05, 0) is 30.5 Å². The molecule has 0 atom stereocenters. The minimum Gasteiger partial charge on any atom is -0.395 e. The van der Waals surface area contributed by atoms with Crippen molar-refractivity contribution in [1.29, 1.82) is 0 Å². The molecule has 2 N–H and O–H groups in total. The Bertz CT molecular complexity index is 616. The molecule has 0 bridgehead atoms. The van der Waals surface area contributed by atoms with Crippen molar-refractivity contribution in [2.75, 3.05) is 13.7 Å². The number of nitrogens with zero attached hydrogens (tertiary/aromatic N) is 2. The first-order chi connectivity index (χ1) is 9.14. The van der Waals surface area contributed by atoms with Gasteiger partial charge in [0.1, 0.15) is 0 Å². The number of rotatable bonds is 4. The summed E-state index contributed by atoms with van der Waals surface area (Å²) in [5.41, 5.74) is 2.46. The number of amides is 1. The van der Waals surface area contributed by atoms with Gasteiger partial charge in [0.05, 0.1) is 29.4 Å². The number of aromatic amines is 1. The number of carbonyl (C=O) groups is 1. The lowest BCUT2D eigenvalue weighted by molar-refractivity contribution is -0.137. The molecule has 100 valence electrons. The van der Waals surface area contributed by atoms with Crippen molar-refractivity contribution in [3.8, 4) is 0 Å². The second-order valence-corrected chi connectivity index (χ2v) is 5.35. The van der Waals surface area contributed by atoms with Gasteiger partial charge in [-0.3, -0.25) is 4.79 Å². The zero-order valence-corrected chi connectivity index (χ0v) is 10.9. The molecule has 1 aromatic carbocycles. The van der Waals surface area contributed by atoms with Gasteiger partial charge in [0.25, 0.3) is 0 Å². The summed E-state index contributed by atoms with van der Waals surface area (Å²) in [6.45, 7) is 0.505. The standard InChI is InChI=1S/C14H17N3O2/c1-17(13(19)14(8-18)4-5-14)7-10-2-3-11-12(6-10)16-9-15-11/h2-3,6,9,18H,4-5,7-8H2,1H3,(H,15,16). The number of imidazole rings is 1. The summed E-state index contributed by atoms with van der Waals surface area (Å²) in [5, 5.41) is 9.29. The molecule has 0 unspecified atom stereocenters. The summed E-state index contributed by atoms with van der Waals surface area (Å²) in [4.78, 5) is 21.1. The highest BCUT2D eigenvalue weighted by Crippen LogP contribution is 2.46. The molecule has 1 aliphatic rings. The van der Waals surface area contributed by atoms with E-state index in [9.17, 15) is 9.90 Å². The summed E-state index contributed by atoms with van der Waals surface area (Å²) >= 11 is 0. The largest absolute Gasteiger partial charge is 0.395 e. The molecule has 0 aliphatic heterocycles. The number of aliphatic hydroxyl groups excluding tert-OH is 1. The van der Waals surface area contributed by atoms with Crippen LogP contribution in [0.2, 0.25) is 0 Å². The molecule has 1 heterocycles. The molecule has 5 heteroatoms. The molecule has 1 aromatic heterocycles. The average molecular weight is 259 g/mol. The third-order valence-corrected chi connectivity index (χ3v) is 3.86. The van der Waals surface area contributed by atoms with Gasteiger partial charge in [0.15, 0.2) is 0 Å². The predicted octanol–water partition coefficient (Wildman–Crippen LogP) is 1.29. The fraction of sp³-hybridized carbons (Fsp3) is 0.429. The summed E-state index contributed by atoms with van der Waals surface area (Å²) in [6.07, 6.45) is 3.26. The Labute approximate surface area is 111 Å². The molecule has 1 aliphatic carbocycles. The Hall–Kier alpha value is -1.88. The number of H-pyrrole nitrogens is 1. The third kappa shape index (κ3) is 2.10. The molecule has 0 saturated heterocycles. The lowest BCUT2D eigenvalue weighted by atomic mass is 10.1. The van der Waals surface area contributed by atoms with E-state index in [1.165, 1.54) is 0 Å². The SMILES string of the molecule is CN(Cc1ccc2nc[nH]c2c1)C(=O)C1(CO)CC1. The van der Waals surface area contributed by atoms with Gasteiger partial charge in [-0.15, -0.1) is 0 Å². The van der Waals surface area contributed by atoms with Crippen molar-refractivity contribution in [2.24, 2.45) is 5.41 Å². The van der Waals surface area contributed by atoms with Gasteiger partial charge in [-0.1, -0.05) is 6.07 Å². The highest BCUT2D eigenvalue weighted by molar-refractivity contribution is 5.85. The number of fused-ring (bicyclic) bond motifs is 1. The van der Waals surface area contributed by atoms with E-state index < -0.39 is 5.41 Å². The van der Waals surface area contributed by atoms with Crippen molar-refractivity contribution < 1.29 is 9.90 Å². The quantitative estimate of drug-likeness (QED) is 0.869. The summed E-state index contributed by atoms with van der Waals surface area (Å²) in [5.74, 6) is 0.0414. The van der Waals surface area contributed by atoms with Crippen LogP contribution in [-0.2, 0) is 11.3 Å². The van der Waals surface area contributed by atoms with Crippen LogP contribution in [0.5, 0.6) is 0 Å². The molecule has 19 heavy (non-hydrogen) atoms. The fourth-order valence-corrected chi connectivity index (χ4v) is 2.42. The smallest absolute Gasteiger partial charge is 0.231 e. The Morgan fingerprint density at radius 3 is 3.00 bits per heavy atom. The maximum absolute atomic E-state index is 12.2. The van der Waals surface area contributed by atoms with Gasteiger partial charge in [0.2, 0.25) is 5.91 Å². The summed E-state index contributed by atoms with van der Waals surface area (Å²) in [7, 11) is 1.79. The van der Waals surface area contributed by atoms with Gasteiger partial charge >= 0.3 is 0 Å². The second kappa shape index (κ2) is 4.35. The monoisotopic (exact) mass is 259 g/mol. The van der Waals surface area contributed by atoms with Crippen molar-refractivity contribution in [2.45, 2.75) is 19.4 Å². The predicted molar refractivity (Wildman–Crippen MR) is 71.3 cm³/mol.